The zero-order chi connectivity index (χ0) is 23.8. The maximum Gasteiger partial charge on any atom is 0.382 e. The number of ether oxygens (including phenoxy) is 1. The summed E-state index contributed by atoms with van der Waals surface area (Å²) in [6.45, 7) is 0. The Hall–Kier alpha value is -2.37. The lowest BCUT2D eigenvalue weighted by molar-refractivity contribution is -0.374. The van der Waals surface area contributed by atoms with Crippen LogP contribution in [0.5, 0.6) is 11.5 Å². The Morgan fingerprint density at radius 2 is 1.03 bits per heavy atom. The molecule has 0 aliphatic heterocycles. The molecule has 0 atom stereocenters. The average Bonchev–Trinajstić information content (AvgIpc) is 2.74. The van der Waals surface area contributed by atoms with E-state index in [1.54, 1.807) is 18.2 Å². The van der Waals surface area contributed by atoms with Crippen LogP contribution in [0, 0.1) is 3.57 Å². The molecule has 0 saturated carbocycles. The van der Waals surface area contributed by atoms with Gasteiger partial charge < -0.3 is 4.74 Å². The second kappa shape index (κ2) is 8.53. The second-order valence-electron chi connectivity index (χ2n) is 6.75. The van der Waals surface area contributed by atoms with Crippen molar-refractivity contribution in [3.8, 4) is 11.5 Å². The molecule has 10 heteroatoms. The van der Waals surface area contributed by atoms with Crippen LogP contribution in [0.1, 0.15) is 11.1 Å². The minimum Gasteiger partial charge on any atom is -0.457 e. The van der Waals surface area contributed by atoms with Crippen LogP contribution >= 0.6 is 22.6 Å². The predicted octanol–water partition coefficient (Wildman–Crippen LogP) is 8.24. The number of rotatable bonds is 7. The lowest BCUT2D eigenvalue weighted by atomic mass is 9.90. The van der Waals surface area contributed by atoms with Gasteiger partial charge in [-0.1, -0.05) is 30.3 Å². The normalized spacial score (nSPS) is 13.2. The fraction of sp³-hybridized carbons (Fsp3) is 0.182. The molecule has 0 fully saturated rings. The fourth-order valence-electron chi connectivity index (χ4n) is 2.80. The van der Waals surface area contributed by atoms with Gasteiger partial charge in [0, 0.05) is 14.7 Å². The molecular weight excluding hydrogens is 559 g/mol. The Bertz CT molecular complexity index is 1070. The summed E-state index contributed by atoms with van der Waals surface area (Å²) in [4.78, 5) is 0. The van der Waals surface area contributed by atoms with Crippen molar-refractivity contribution in [1.82, 2.24) is 0 Å². The molecule has 3 rings (SSSR count). The monoisotopic (exact) mass is 572 g/mol. The van der Waals surface area contributed by atoms with Crippen molar-refractivity contribution >= 4 is 22.6 Å². The molecule has 170 valence electrons. The van der Waals surface area contributed by atoms with Crippen molar-refractivity contribution in [1.29, 1.82) is 0 Å². The first-order chi connectivity index (χ1) is 14.8. The third-order valence-electron chi connectivity index (χ3n) is 4.57. The van der Waals surface area contributed by atoms with E-state index in [1.807, 2.05) is 0 Å². The number of para-hydroxylation sites is 1. The molecule has 0 spiro atoms. The number of alkyl halides is 8. The molecule has 0 bridgehead atoms. The third kappa shape index (κ3) is 4.16. The molecule has 0 aromatic heterocycles. The number of hydrogen-bond acceptors (Lipinski definition) is 1. The number of halogens is 9. The molecule has 0 radical (unpaired) electrons. The van der Waals surface area contributed by atoms with Crippen molar-refractivity contribution in [3.63, 3.8) is 0 Å². The molecule has 0 saturated heterocycles. The summed E-state index contributed by atoms with van der Waals surface area (Å²) in [5.41, 5.74) is -3.07. The van der Waals surface area contributed by atoms with Crippen molar-refractivity contribution in [2.75, 3.05) is 0 Å². The largest absolute Gasteiger partial charge is 0.457 e. The zero-order valence-electron chi connectivity index (χ0n) is 15.8. The van der Waals surface area contributed by atoms with E-state index >= 15 is 0 Å². The highest BCUT2D eigenvalue weighted by Gasteiger charge is 2.81. The maximum absolute atomic E-state index is 14.5. The number of hydrogen-bond donors (Lipinski definition) is 0. The summed E-state index contributed by atoms with van der Waals surface area (Å²) in [7, 11) is 0. The van der Waals surface area contributed by atoms with E-state index in [0.717, 1.165) is 18.2 Å². The highest BCUT2D eigenvalue weighted by molar-refractivity contribution is 14.1. The van der Waals surface area contributed by atoms with Gasteiger partial charge in [-0.3, -0.25) is 0 Å². The van der Waals surface area contributed by atoms with E-state index in [0.29, 0.717) is 30.0 Å². The lowest BCUT2D eigenvalue weighted by Gasteiger charge is -2.37. The van der Waals surface area contributed by atoms with E-state index in [1.165, 1.54) is 40.8 Å². The smallest absolute Gasteiger partial charge is 0.382 e. The number of benzene rings is 3. The van der Waals surface area contributed by atoms with Gasteiger partial charge in [-0.05, 0) is 71.1 Å². The van der Waals surface area contributed by atoms with Gasteiger partial charge in [0.1, 0.15) is 11.5 Å². The molecule has 0 amide bonds. The van der Waals surface area contributed by atoms with Crippen LogP contribution in [-0.2, 0) is 11.8 Å². The van der Waals surface area contributed by atoms with E-state index in [2.05, 4.69) is 0 Å². The van der Waals surface area contributed by atoms with Gasteiger partial charge in [-0.25, -0.2) is 0 Å². The zero-order valence-corrected chi connectivity index (χ0v) is 18.0. The highest BCUT2D eigenvalue weighted by atomic mass is 127. The molecule has 0 unspecified atom stereocenters. The van der Waals surface area contributed by atoms with Gasteiger partial charge in [0.2, 0.25) is 0 Å². The van der Waals surface area contributed by atoms with E-state index in [4.69, 9.17) is 4.74 Å². The molecule has 32 heavy (non-hydrogen) atoms. The van der Waals surface area contributed by atoms with Crippen molar-refractivity contribution < 1.29 is 39.9 Å². The first kappa shape index (κ1) is 24.3. The first-order valence-electron chi connectivity index (χ1n) is 8.91. The van der Waals surface area contributed by atoms with Crippen LogP contribution in [0.2, 0.25) is 0 Å². The molecule has 3 aromatic rings. The van der Waals surface area contributed by atoms with Gasteiger partial charge in [0.25, 0.3) is 0 Å². The summed E-state index contributed by atoms with van der Waals surface area (Å²) in [5, 5.41) is 0. The summed E-state index contributed by atoms with van der Waals surface area (Å²) < 4.78 is 121. The van der Waals surface area contributed by atoms with Gasteiger partial charge in [0.05, 0.1) is 0 Å². The molecule has 0 N–H and O–H groups in total. The standard InChI is InChI=1S/C22H13F8IO/c23-19(24,14-9-11-18(12-10-14)32-17-7-2-1-3-8-17)21(27,28)22(29,30)20(25,26)15-5-4-6-16(31)13-15/h1-13H. The molecular formula is C22H13F8IO. The predicted molar refractivity (Wildman–Crippen MR) is 110 cm³/mol. The maximum atomic E-state index is 14.5. The van der Waals surface area contributed by atoms with E-state index < -0.39 is 34.8 Å². The fourth-order valence-corrected chi connectivity index (χ4v) is 3.34. The molecule has 1 nitrogen and oxygen atoms in total. The van der Waals surface area contributed by atoms with Gasteiger partial charge >= 0.3 is 23.7 Å². The van der Waals surface area contributed by atoms with E-state index in [9.17, 15) is 35.1 Å². The SMILES string of the molecule is FC(F)(c1ccc(Oc2ccccc2)cc1)C(F)(F)C(F)(F)C(F)(F)c1cccc(I)c1. The minimum atomic E-state index is -6.42. The topological polar surface area (TPSA) is 9.23 Å². The van der Waals surface area contributed by atoms with Gasteiger partial charge in [-0.2, -0.15) is 35.1 Å². The van der Waals surface area contributed by atoms with Crippen LogP contribution in [0.3, 0.4) is 0 Å². The molecule has 3 aromatic carbocycles. The molecule has 0 aliphatic rings. The quantitative estimate of drug-likeness (QED) is 0.205. The minimum absolute atomic E-state index is 0.0413. The highest BCUT2D eigenvalue weighted by Crippen LogP contribution is 2.59. The van der Waals surface area contributed by atoms with Crippen LogP contribution in [0.4, 0.5) is 35.1 Å². The summed E-state index contributed by atoms with van der Waals surface area (Å²) in [6.07, 6.45) is 0. The van der Waals surface area contributed by atoms with Crippen LogP contribution in [0.25, 0.3) is 0 Å². The Labute approximate surface area is 191 Å². The summed E-state index contributed by atoms with van der Waals surface area (Å²) in [6, 6.07) is 13.7. The van der Waals surface area contributed by atoms with Crippen molar-refractivity contribution in [2.45, 2.75) is 23.7 Å². The Kier molecular flexibility index (Phi) is 6.47. The van der Waals surface area contributed by atoms with Crippen molar-refractivity contribution in [2.24, 2.45) is 0 Å². The summed E-state index contributed by atoms with van der Waals surface area (Å²) in [5.74, 6) is -23.8. The van der Waals surface area contributed by atoms with Crippen molar-refractivity contribution in [3.05, 3.63) is 93.6 Å². The Morgan fingerprint density at radius 3 is 1.56 bits per heavy atom. The van der Waals surface area contributed by atoms with Crippen LogP contribution in [-0.4, -0.2) is 11.8 Å². The second-order valence-corrected chi connectivity index (χ2v) is 7.99. The molecule has 0 heterocycles. The average molecular weight is 572 g/mol. The van der Waals surface area contributed by atoms with E-state index in [-0.39, 0.29) is 9.32 Å². The van der Waals surface area contributed by atoms with Gasteiger partial charge in [-0.15, -0.1) is 0 Å². The molecule has 0 aliphatic carbocycles. The lowest BCUT2D eigenvalue weighted by Crippen LogP contribution is -2.59. The first-order valence-corrected chi connectivity index (χ1v) is 9.99. The third-order valence-corrected chi connectivity index (χ3v) is 5.24. The Balaban J connectivity index is 1.93. The van der Waals surface area contributed by atoms with Gasteiger partial charge in [0.15, 0.2) is 0 Å². The summed E-state index contributed by atoms with van der Waals surface area (Å²) >= 11 is 1.51. The Morgan fingerprint density at radius 1 is 0.531 bits per heavy atom. The van der Waals surface area contributed by atoms with Crippen LogP contribution in [0.15, 0.2) is 78.9 Å². The van der Waals surface area contributed by atoms with Crippen LogP contribution < -0.4 is 4.74 Å².